The first kappa shape index (κ1) is 10.7. The first-order valence-electron chi connectivity index (χ1n) is 4.67. The van der Waals surface area contributed by atoms with Gasteiger partial charge in [0.1, 0.15) is 0 Å². The topological polar surface area (TPSA) is 54.9 Å². The number of para-hydroxylation sites is 1. The molecule has 1 aromatic carbocycles. The molecule has 0 atom stereocenters. The fraction of sp³-hybridized carbons (Fsp3) is 0.0909. The summed E-state index contributed by atoms with van der Waals surface area (Å²) in [6.45, 7) is 3.67. The standard InChI is InChI=1S/C11H9ClN2O2/c1-2-6-14-10(15)7-4-3-5-8(12)9(7)13-11(14)16/h2-5H,1,6H2,(H,13,16). The average Bonchev–Trinajstić information content (AvgIpc) is 2.26. The summed E-state index contributed by atoms with van der Waals surface area (Å²) in [4.78, 5) is 26.1. The number of rotatable bonds is 2. The highest BCUT2D eigenvalue weighted by Crippen LogP contribution is 2.16. The zero-order chi connectivity index (χ0) is 11.7. The van der Waals surface area contributed by atoms with Crippen molar-refractivity contribution in [2.45, 2.75) is 6.54 Å². The number of H-pyrrole nitrogens is 1. The molecule has 1 aromatic heterocycles. The van der Waals surface area contributed by atoms with Crippen LogP contribution < -0.4 is 11.2 Å². The second-order valence-electron chi connectivity index (χ2n) is 3.30. The van der Waals surface area contributed by atoms with Gasteiger partial charge in [-0.1, -0.05) is 23.7 Å². The Kier molecular flexibility index (Phi) is 2.66. The van der Waals surface area contributed by atoms with Crippen molar-refractivity contribution in [2.24, 2.45) is 0 Å². The highest BCUT2D eigenvalue weighted by atomic mass is 35.5. The Bertz CT molecular complexity index is 670. The second kappa shape index (κ2) is 3.98. The van der Waals surface area contributed by atoms with Gasteiger partial charge < -0.3 is 4.98 Å². The van der Waals surface area contributed by atoms with E-state index >= 15 is 0 Å². The minimum absolute atomic E-state index is 0.177. The number of fused-ring (bicyclic) bond motifs is 1. The molecule has 2 rings (SSSR count). The summed E-state index contributed by atoms with van der Waals surface area (Å²) < 4.78 is 1.08. The Balaban J connectivity index is 2.95. The van der Waals surface area contributed by atoms with Crippen molar-refractivity contribution in [3.8, 4) is 0 Å². The second-order valence-corrected chi connectivity index (χ2v) is 3.70. The lowest BCUT2D eigenvalue weighted by Crippen LogP contribution is -2.34. The van der Waals surface area contributed by atoms with Crippen molar-refractivity contribution in [1.29, 1.82) is 0 Å². The fourth-order valence-electron chi connectivity index (χ4n) is 1.54. The number of hydrogen-bond acceptors (Lipinski definition) is 2. The summed E-state index contributed by atoms with van der Waals surface area (Å²) in [5.74, 6) is 0. The van der Waals surface area contributed by atoms with Crippen LogP contribution in [0.15, 0.2) is 40.4 Å². The molecule has 2 aromatic rings. The Morgan fingerprint density at radius 1 is 1.44 bits per heavy atom. The Morgan fingerprint density at radius 2 is 2.19 bits per heavy atom. The number of halogens is 1. The van der Waals surface area contributed by atoms with Crippen LogP contribution in [0.2, 0.25) is 5.02 Å². The van der Waals surface area contributed by atoms with E-state index in [9.17, 15) is 9.59 Å². The molecular weight excluding hydrogens is 228 g/mol. The molecular formula is C11H9ClN2O2. The normalized spacial score (nSPS) is 10.6. The highest BCUT2D eigenvalue weighted by molar-refractivity contribution is 6.34. The maximum Gasteiger partial charge on any atom is 0.329 e. The lowest BCUT2D eigenvalue weighted by molar-refractivity contribution is 0.728. The minimum Gasteiger partial charge on any atom is -0.305 e. The number of hydrogen-bond donors (Lipinski definition) is 1. The van der Waals surface area contributed by atoms with E-state index < -0.39 is 5.69 Å². The summed E-state index contributed by atoms with van der Waals surface area (Å²) in [5.41, 5.74) is -0.467. The largest absolute Gasteiger partial charge is 0.329 e. The van der Waals surface area contributed by atoms with Gasteiger partial charge in [-0.05, 0) is 12.1 Å². The quantitative estimate of drug-likeness (QED) is 0.804. The molecule has 1 heterocycles. The molecule has 0 aliphatic carbocycles. The molecule has 5 heteroatoms. The van der Waals surface area contributed by atoms with Gasteiger partial charge in [0.05, 0.1) is 15.9 Å². The van der Waals surface area contributed by atoms with Gasteiger partial charge >= 0.3 is 5.69 Å². The van der Waals surface area contributed by atoms with E-state index in [4.69, 9.17) is 11.6 Å². The lowest BCUT2D eigenvalue weighted by atomic mass is 10.2. The predicted molar refractivity (Wildman–Crippen MR) is 64.0 cm³/mol. The number of allylic oxidation sites excluding steroid dienone is 1. The maximum absolute atomic E-state index is 11.9. The molecule has 0 bridgehead atoms. The summed E-state index contributed by atoms with van der Waals surface area (Å²) >= 11 is 5.89. The fourth-order valence-corrected chi connectivity index (χ4v) is 1.76. The number of benzene rings is 1. The van der Waals surface area contributed by atoms with Crippen LogP contribution in [0.3, 0.4) is 0 Å². The van der Waals surface area contributed by atoms with Crippen LogP contribution in [-0.2, 0) is 6.54 Å². The average molecular weight is 237 g/mol. The molecule has 0 saturated carbocycles. The molecule has 0 aliphatic heterocycles. The summed E-state index contributed by atoms with van der Waals surface area (Å²) in [6.07, 6.45) is 1.49. The molecule has 0 amide bonds. The summed E-state index contributed by atoms with van der Waals surface area (Å²) in [6, 6.07) is 4.92. The van der Waals surface area contributed by atoms with Crippen molar-refractivity contribution < 1.29 is 0 Å². The number of nitrogens with one attached hydrogen (secondary N) is 1. The zero-order valence-electron chi connectivity index (χ0n) is 8.37. The van der Waals surface area contributed by atoms with E-state index in [0.717, 1.165) is 4.57 Å². The van der Waals surface area contributed by atoms with Crippen LogP contribution in [-0.4, -0.2) is 9.55 Å². The van der Waals surface area contributed by atoms with Crippen LogP contribution in [0.5, 0.6) is 0 Å². The molecule has 1 N–H and O–H groups in total. The Hall–Kier alpha value is -1.81. The summed E-state index contributed by atoms with van der Waals surface area (Å²) in [7, 11) is 0. The van der Waals surface area contributed by atoms with Gasteiger partial charge in [0.2, 0.25) is 0 Å². The van der Waals surface area contributed by atoms with Crippen LogP contribution in [0.25, 0.3) is 10.9 Å². The van der Waals surface area contributed by atoms with Crippen LogP contribution in [0.1, 0.15) is 0 Å². The lowest BCUT2D eigenvalue weighted by Gasteiger charge is -2.04. The predicted octanol–water partition coefficient (Wildman–Crippen LogP) is 1.53. The van der Waals surface area contributed by atoms with Gasteiger partial charge in [-0.2, -0.15) is 0 Å². The van der Waals surface area contributed by atoms with E-state index in [1.807, 2.05) is 0 Å². The third-order valence-electron chi connectivity index (χ3n) is 2.28. The zero-order valence-corrected chi connectivity index (χ0v) is 9.12. The Morgan fingerprint density at radius 3 is 2.88 bits per heavy atom. The van der Waals surface area contributed by atoms with Gasteiger partial charge in [-0.25, -0.2) is 4.79 Å². The molecule has 0 unspecified atom stereocenters. The van der Waals surface area contributed by atoms with Crippen molar-refractivity contribution in [3.05, 3.63) is 56.7 Å². The smallest absolute Gasteiger partial charge is 0.305 e. The van der Waals surface area contributed by atoms with Crippen molar-refractivity contribution >= 4 is 22.5 Å². The SMILES string of the molecule is C=CCn1c(=O)[nH]c2c(Cl)cccc2c1=O. The number of aromatic nitrogens is 2. The van der Waals surface area contributed by atoms with Gasteiger partial charge in [0.15, 0.2) is 0 Å². The van der Waals surface area contributed by atoms with E-state index in [0.29, 0.717) is 15.9 Å². The van der Waals surface area contributed by atoms with Gasteiger partial charge in [0, 0.05) is 6.54 Å². The molecule has 0 radical (unpaired) electrons. The van der Waals surface area contributed by atoms with Crippen molar-refractivity contribution in [3.63, 3.8) is 0 Å². The molecule has 0 aliphatic rings. The molecule has 0 fully saturated rings. The van der Waals surface area contributed by atoms with Crippen molar-refractivity contribution in [1.82, 2.24) is 9.55 Å². The van der Waals surface area contributed by atoms with Gasteiger partial charge in [-0.15, -0.1) is 6.58 Å². The molecule has 82 valence electrons. The van der Waals surface area contributed by atoms with Gasteiger partial charge in [0.25, 0.3) is 5.56 Å². The van der Waals surface area contributed by atoms with Gasteiger partial charge in [-0.3, -0.25) is 9.36 Å². The number of aromatic amines is 1. The summed E-state index contributed by atoms with van der Waals surface area (Å²) in [5, 5.41) is 0.756. The van der Waals surface area contributed by atoms with E-state index in [1.165, 1.54) is 6.08 Å². The third-order valence-corrected chi connectivity index (χ3v) is 2.59. The third kappa shape index (κ3) is 1.57. The van der Waals surface area contributed by atoms with E-state index in [-0.39, 0.29) is 12.1 Å². The van der Waals surface area contributed by atoms with E-state index in [1.54, 1.807) is 18.2 Å². The first-order valence-corrected chi connectivity index (χ1v) is 5.05. The maximum atomic E-state index is 11.9. The van der Waals surface area contributed by atoms with Crippen LogP contribution >= 0.6 is 11.6 Å². The first-order chi connectivity index (χ1) is 7.65. The number of nitrogens with zero attached hydrogens (tertiary/aromatic N) is 1. The van der Waals surface area contributed by atoms with Crippen molar-refractivity contribution in [2.75, 3.05) is 0 Å². The minimum atomic E-state index is -0.481. The van der Waals surface area contributed by atoms with Crippen LogP contribution in [0, 0.1) is 0 Å². The van der Waals surface area contributed by atoms with E-state index in [2.05, 4.69) is 11.6 Å². The molecule has 0 saturated heterocycles. The molecule has 0 spiro atoms. The monoisotopic (exact) mass is 236 g/mol. The van der Waals surface area contributed by atoms with Crippen LogP contribution in [0.4, 0.5) is 0 Å². The molecule has 4 nitrogen and oxygen atoms in total. The highest BCUT2D eigenvalue weighted by Gasteiger charge is 2.07. The Labute approximate surface area is 95.8 Å². The molecule has 16 heavy (non-hydrogen) atoms.